The molecule has 0 aromatic carbocycles. The molecule has 0 aliphatic rings. The monoisotopic (exact) mass is 217 g/mol. The van der Waals surface area contributed by atoms with Gasteiger partial charge < -0.3 is 10.5 Å². The second kappa shape index (κ2) is 6.41. The highest BCUT2D eigenvalue weighted by atomic mass is 19.3. The van der Waals surface area contributed by atoms with Crippen molar-refractivity contribution in [2.75, 3.05) is 6.61 Å². The number of terminal acetylenes is 1. The number of ether oxygens (including phenoxy) is 1. The van der Waals surface area contributed by atoms with E-state index in [1.165, 1.54) is 13.0 Å². The fourth-order valence-electron chi connectivity index (χ4n) is 1.03. The Morgan fingerprint density at radius 2 is 2.20 bits per heavy atom. The number of halogens is 2. The van der Waals surface area contributed by atoms with Crippen LogP contribution in [0.2, 0.25) is 0 Å². The van der Waals surface area contributed by atoms with Crippen LogP contribution in [0, 0.1) is 12.3 Å². The highest BCUT2D eigenvalue weighted by molar-refractivity contribution is 5.11. The molecular formula is C11H17F2NO. The molecule has 2 N–H and O–H groups in total. The average Bonchev–Trinajstić information content (AvgIpc) is 2.23. The van der Waals surface area contributed by atoms with Crippen molar-refractivity contribution in [3.05, 3.63) is 11.8 Å². The third kappa shape index (κ3) is 4.30. The predicted octanol–water partition coefficient (Wildman–Crippen LogP) is 2.30. The average molecular weight is 217 g/mol. The van der Waals surface area contributed by atoms with E-state index < -0.39 is 12.0 Å². The first-order valence-electron chi connectivity index (χ1n) is 4.89. The normalized spacial score (nSPS) is 14.5. The van der Waals surface area contributed by atoms with E-state index in [1.54, 1.807) is 6.92 Å². The lowest BCUT2D eigenvalue weighted by Crippen LogP contribution is -2.42. The van der Waals surface area contributed by atoms with Gasteiger partial charge in [-0.1, -0.05) is 6.92 Å². The minimum Gasteiger partial charge on any atom is -0.497 e. The highest BCUT2D eigenvalue weighted by Crippen LogP contribution is 2.26. The third-order valence-corrected chi connectivity index (χ3v) is 1.97. The van der Waals surface area contributed by atoms with Crippen molar-refractivity contribution in [1.82, 2.24) is 0 Å². The van der Waals surface area contributed by atoms with E-state index >= 15 is 0 Å². The van der Waals surface area contributed by atoms with Crippen LogP contribution in [0.15, 0.2) is 11.8 Å². The summed E-state index contributed by atoms with van der Waals surface area (Å²) in [6, 6.07) is -1.42. The van der Waals surface area contributed by atoms with Crippen LogP contribution in [-0.4, -0.2) is 18.6 Å². The number of hydrogen-bond donors (Lipinski definition) is 1. The molecule has 4 heteroatoms. The van der Waals surface area contributed by atoms with E-state index in [4.69, 9.17) is 16.9 Å². The molecule has 0 amide bonds. The third-order valence-electron chi connectivity index (χ3n) is 1.97. The fraction of sp³-hybridized carbons (Fsp3) is 0.636. The molecule has 0 aromatic heterocycles. The van der Waals surface area contributed by atoms with Crippen LogP contribution in [0.4, 0.5) is 8.78 Å². The van der Waals surface area contributed by atoms with E-state index in [-0.39, 0.29) is 18.6 Å². The lowest BCUT2D eigenvalue weighted by Gasteiger charge is -2.24. The van der Waals surface area contributed by atoms with Gasteiger partial charge in [-0.2, -0.15) is 0 Å². The molecule has 1 atom stereocenters. The minimum absolute atomic E-state index is 0.0716. The van der Waals surface area contributed by atoms with Gasteiger partial charge in [-0.05, 0) is 13.0 Å². The Bertz CT molecular complexity index is 256. The Hall–Kier alpha value is -1.08. The lowest BCUT2D eigenvalue weighted by atomic mass is 10.1. The summed E-state index contributed by atoms with van der Waals surface area (Å²) < 4.78 is 31.6. The zero-order valence-corrected chi connectivity index (χ0v) is 9.09. The maximum absolute atomic E-state index is 13.2. The number of allylic oxidation sites excluding steroid dienone is 1. The molecule has 0 aliphatic carbocycles. The van der Waals surface area contributed by atoms with E-state index in [0.29, 0.717) is 6.61 Å². The molecule has 0 heterocycles. The largest absolute Gasteiger partial charge is 0.497 e. The summed E-state index contributed by atoms with van der Waals surface area (Å²) in [5.41, 5.74) is 5.42. The summed E-state index contributed by atoms with van der Waals surface area (Å²) in [6.45, 7) is 3.38. The molecule has 1 unspecified atom stereocenters. The maximum Gasteiger partial charge on any atom is 0.269 e. The molecule has 0 rings (SSSR count). The zero-order valence-electron chi connectivity index (χ0n) is 9.09. The highest BCUT2D eigenvalue weighted by Gasteiger charge is 2.38. The summed E-state index contributed by atoms with van der Waals surface area (Å²) in [5, 5.41) is 0. The number of nitrogens with two attached hydrogens (primary N) is 1. The van der Waals surface area contributed by atoms with Gasteiger partial charge in [0.2, 0.25) is 0 Å². The summed E-state index contributed by atoms with van der Waals surface area (Å²) in [5.74, 6) is -0.567. The quantitative estimate of drug-likeness (QED) is 0.547. The Morgan fingerprint density at radius 1 is 1.60 bits per heavy atom. The number of alkyl halides is 2. The summed E-state index contributed by atoms with van der Waals surface area (Å²) in [6.07, 6.45) is 6.38. The van der Waals surface area contributed by atoms with Crippen molar-refractivity contribution < 1.29 is 13.5 Å². The van der Waals surface area contributed by atoms with Crippen molar-refractivity contribution in [3.8, 4) is 12.3 Å². The van der Waals surface area contributed by atoms with Gasteiger partial charge >= 0.3 is 0 Å². The molecule has 15 heavy (non-hydrogen) atoms. The first-order chi connectivity index (χ1) is 6.99. The molecule has 0 saturated carbocycles. The van der Waals surface area contributed by atoms with Crippen molar-refractivity contribution >= 4 is 0 Å². The van der Waals surface area contributed by atoms with Crippen molar-refractivity contribution in [2.45, 2.75) is 38.7 Å². The molecular weight excluding hydrogens is 200 g/mol. The van der Waals surface area contributed by atoms with E-state index in [2.05, 4.69) is 5.92 Å². The summed E-state index contributed by atoms with van der Waals surface area (Å²) in [4.78, 5) is 0. The molecule has 0 bridgehead atoms. The lowest BCUT2D eigenvalue weighted by molar-refractivity contribution is -0.0333. The first kappa shape index (κ1) is 13.9. The Kier molecular flexibility index (Phi) is 5.95. The summed E-state index contributed by atoms with van der Waals surface area (Å²) in [7, 11) is 0. The van der Waals surface area contributed by atoms with Crippen LogP contribution >= 0.6 is 0 Å². The first-order valence-corrected chi connectivity index (χ1v) is 4.89. The fourth-order valence-corrected chi connectivity index (χ4v) is 1.03. The molecule has 0 aliphatic heterocycles. The van der Waals surface area contributed by atoms with Crippen LogP contribution in [0.5, 0.6) is 0 Å². The molecule has 2 nitrogen and oxygen atoms in total. The molecule has 0 aromatic rings. The van der Waals surface area contributed by atoms with Gasteiger partial charge in [0.25, 0.3) is 5.92 Å². The SMILES string of the molecule is C#CC/C=C(\OCC)C(N)C(F)(F)CC. The Morgan fingerprint density at radius 3 is 2.60 bits per heavy atom. The van der Waals surface area contributed by atoms with E-state index in [9.17, 15) is 8.78 Å². The van der Waals surface area contributed by atoms with Gasteiger partial charge in [0.1, 0.15) is 11.8 Å². The maximum atomic E-state index is 13.2. The Balaban J connectivity index is 4.70. The van der Waals surface area contributed by atoms with Gasteiger partial charge in [-0.15, -0.1) is 12.3 Å². The van der Waals surface area contributed by atoms with E-state index in [1.807, 2.05) is 0 Å². The smallest absolute Gasteiger partial charge is 0.269 e. The molecule has 0 saturated heterocycles. The van der Waals surface area contributed by atoms with Crippen LogP contribution in [0.3, 0.4) is 0 Å². The van der Waals surface area contributed by atoms with Crippen LogP contribution in [0.1, 0.15) is 26.7 Å². The number of hydrogen-bond acceptors (Lipinski definition) is 2. The molecule has 0 fully saturated rings. The van der Waals surface area contributed by atoms with Gasteiger partial charge in [-0.25, -0.2) is 8.78 Å². The van der Waals surface area contributed by atoms with Crippen molar-refractivity contribution in [2.24, 2.45) is 5.73 Å². The van der Waals surface area contributed by atoms with Crippen molar-refractivity contribution in [1.29, 1.82) is 0 Å². The van der Waals surface area contributed by atoms with Gasteiger partial charge in [0.15, 0.2) is 0 Å². The second-order valence-electron chi connectivity index (χ2n) is 3.04. The topological polar surface area (TPSA) is 35.2 Å². The minimum atomic E-state index is -2.96. The summed E-state index contributed by atoms with van der Waals surface area (Å²) >= 11 is 0. The van der Waals surface area contributed by atoms with Crippen LogP contribution in [0.25, 0.3) is 0 Å². The van der Waals surface area contributed by atoms with Crippen LogP contribution < -0.4 is 5.73 Å². The molecule has 86 valence electrons. The van der Waals surface area contributed by atoms with Gasteiger partial charge in [0.05, 0.1) is 6.61 Å². The number of rotatable bonds is 6. The zero-order chi connectivity index (χ0) is 11.9. The van der Waals surface area contributed by atoms with Crippen molar-refractivity contribution in [3.63, 3.8) is 0 Å². The predicted molar refractivity (Wildman–Crippen MR) is 56.4 cm³/mol. The Labute approximate surface area is 89.5 Å². The van der Waals surface area contributed by atoms with Gasteiger partial charge in [0, 0.05) is 12.8 Å². The van der Waals surface area contributed by atoms with E-state index in [0.717, 1.165) is 0 Å². The van der Waals surface area contributed by atoms with Crippen LogP contribution in [-0.2, 0) is 4.74 Å². The molecule has 0 radical (unpaired) electrons. The van der Waals surface area contributed by atoms with Gasteiger partial charge in [-0.3, -0.25) is 0 Å². The molecule has 0 spiro atoms. The second-order valence-corrected chi connectivity index (χ2v) is 3.04. The standard InChI is InChI=1S/C11H17F2NO/c1-4-7-8-9(15-6-3)10(14)11(12,13)5-2/h1,8,10H,5-7,14H2,2-3H3/b9-8-.